The van der Waals surface area contributed by atoms with Crippen LogP contribution in [0.5, 0.6) is 0 Å². The number of rotatable bonds is 1. The third-order valence-electron chi connectivity index (χ3n) is 0.272. The predicted molar refractivity (Wildman–Crippen MR) is 29.4 cm³/mol. The molecule has 0 aromatic rings. The van der Waals surface area contributed by atoms with E-state index in [1.165, 1.54) is 0 Å². The molecule has 0 fully saturated rings. The van der Waals surface area contributed by atoms with Gasteiger partial charge in [0.2, 0.25) is 0 Å². The summed E-state index contributed by atoms with van der Waals surface area (Å²) in [6.07, 6.45) is 0.917. The van der Waals surface area contributed by atoms with Gasteiger partial charge in [-0.25, -0.2) is 0 Å². The average Bonchev–Trinajstić information content (AvgIpc) is 1.38. The zero-order valence-electron chi connectivity index (χ0n) is 3.56. The van der Waals surface area contributed by atoms with E-state index in [0.29, 0.717) is 0 Å². The van der Waals surface area contributed by atoms with Gasteiger partial charge in [0.05, 0.1) is 0 Å². The third-order valence-corrected chi connectivity index (χ3v) is 0.272. The van der Waals surface area contributed by atoms with E-state index in [9.17, 15) is 4.79 Å². The van der Waals surface area contributed by atoms with Crippen molar-refractivity contribution in [3.05, 3.63) is 0 Å². The number of hydrogen-bond donors (Lipinski definition) is 0. The molecule has 0 unspecified atom stereocenters. The van der Waals surface area contributed by atoms with Crippen molar-refractivity contribution < 1.29 is 4.79 Å². The number of hydrogen-bond acceptors (Lipinski definition) is 1. The standard InChI is InChI=1S/C4H8O.Ca.2H/c1-4(2)3-5;;;/h3-4H,1-2H3;;;. The van der Waals surface area contributed by atoms with E-state index >= 15 is 0 Å². The van der Waals surface area contributed by atoms with Crippen LogP contribution in [0.2, 0.25) is 0 Å². The molecule has 0 aromatic carbocycles. The van der Waals surface area contributed by atoms with Gasteiger partial charge in [0, 0.05) is 5.92 Å². The molecule has 0 spiro atoms. The molecule has 0 aliphatic heterocycles. The molecule has 0 saturated carbocycles. The monoisotopic (exact) mass is 114 g/mol. The summed E-state index contributed by atoms with van der Waals surface area (Å²) in [6, 6.07) is 0. The zero-order valence-corrected chi connectivity index (χ0v) is 3.56. The molecule has 0 N–H and O–H groups in total. The van der Waals surface area contributed by atoms with Gasteiger partial charge < -0.3 is 4.79 Å². The fourth-order valence-electron chi connectivity index (χ4n) is 0. The molecule has 0 heterocycles. The number of carbonyl (C=O) groups excluding carboxylic acids is 1. The van der Waals surface area contributed by atoms with Crippen LogP contribution in [0.4, 0.5) is 0 Å². The van der Waals surface area contributed by atoms with Gasteiger partial charge in [0.1, 0.15) is 6.29 Å². The summed E-state index contributed by atoms with van der Waals surface area (Å²) in [6.45, 7) is 3.71. The summed E-state index contributed by atoms with van der Waals surface area (Å²) in [7, 11) is 0. The van der Waals surface area contributed by atoms with E-state index in [2.05, 4.69) is 0 Å². The molecule has 0 atom stereocenters. The molecule has 0 aliphatic carbocycles. The van der Waals surface area contributed by atoms with E-state index in [1.807, 2.05) is 13.8 Å². The summed E-state index contributed by atoms with van der Waals surface area (Å²) >= 11 is 0. The fourth-order valence-corrected chi connectivity index (χ4v) is 0. The first-order chi connectivity index (χ1) is 2.27. The summed E-state index contributed by atoms with van der Waals surface area (Å²) < 4.78 is 0. The van der Waals surface area contributed by atoms with Crippen molar-refractivity contribution in [3.63, 3.8) is 0 Å². The van der Waals surface area contributed by atoms with E-state index in [0.717, 1.165) is 6.29 Å². The second-order valence-electron chi connectivity index (χ2n) is 1.38. The van der Waals surface area contributed by atoms with Crippen LogP contribution in [-0.2, 0) is 4.79 Å². The van der Waals surface area contributed by atoms with Crippen molar-refractivity contribution in [1.82, 2.24) is 0 Å². The van der Waals surface area contributed by atoms with Gasteiger partial charge >= 0.3 is 37.7 Å². The summed E-state index contributed by atoms with van der Waals surface area (Å²) in [5, 5.41) is 0. The Balaban J connectivity index is 0. The molecule has 0 radical (unpaired) electrons. The SMILES string of the molecule is CC(C)C=O.[CaH2]. The quantitative estimate of drug-likeness (QED) is 0.344. The maximum atomic E-state index is 9.50. The van der Waals surface area contributed by atoms with E-state index in [1.54, 1.807) is 0 Å². The van der Waals surface area contributed by atoms with Crippen LogP contribution in [0.15, 0.2) is 0 Å². The van der Waals surface area contributed by atoms with Gasteiger partial charge in [-0.2, -0.15) is 0 Å². The average molecular weight is 114 g/mol. The first-order valence-corrected chi connectivity index (χ1v) is 1.72. The fraction of sp³-hybridized carbons (Fsp3) is 0.750. The van der Waals surface area contributed by atoms with E-state index < -0.39 is 0 Å². The molecule has 1 nitrogen and oxygen atoms in total. The maximum absolute atomic E-state index is 9.50. The molecule has 0 bridgehead atoms. The van der Waals surface area contributed by atoms with Gasteiger partial charge in [-0.15, -0.1) is 0 Å². The second kappa shape index (κ2) is 5.93. The van der Waals surface area contributed by atoms with Crippen molar-refractivity contribution in [2.45, 2.75) is 13.8 Å². The van der Waals surface area contributed by atoms with Crippen LogP contribution in [0.25, 0.3) is 0 Å². The van der Waals surface area contributed by atoms with Gasteiger partial charge in [-0.3, -0.25) is 0 Å². The normalized spacial score (nSPS) is 7.17. The van der Waals surface area contributed by atoms with Crippen molar-refractivity contribution in [1.29, 1.82) is 0 Å². The minimum atomic E-state index is 0. The Kier molecular flexibility index (Phi) is 9.91. The van der Waals surface area contributed by atoms with Crippen LogP contribution < -0.4 is 0 Å². The van der Waals surface area contributed by atoms with Crippen molar-refractivity contribution in [2.75, 3.05) is 0 Å². The molecule has 0 rings (SSSR count). The minimum absolute atomic E-state index is 0. The van der Waals surface area contributed by atoms with Gasteiger partial charge in [0.25, 0.3) is 0 Å². The van der Waals surface area contributed by atoms with Crippen LogP contribution >= 0.6 is 0 Å². The van der Waals surface area contributed by atoms with Crippen molar-refractivity contribution in [2.24, 2.45) is 5.92 Å². The predicted octanol–water partition coefficient (Wildman–Crippen LogP) is -0.0749. The Morgan fingerprint density at radius 2 is 1.67 bits per heavy atom. The number of carbonyl (C=O) groups is 1. The van der Waals surface area contributed by atoms with Crippen LogP contribution in [-0.4, -0.2) is 44.0 Å². The molecular formula is C4H10CaO. The third kappa shape index (κ3) is 8.87. The Morgan fingerprint density at radius 1 is 1.50 bits per heavy atom. The van der Waals surface area contributed by atoms with E-state index in [-0.39, 0.29) is 43.7 Å². The Hall–Kier alpha value is 0.930. The summed E-state index contributed by atoms with van der Waals surface area (Å²) in [4.78, 5) is 9.50. The van der Waals surface area contributed by atoms with Crippen molar-refractivity contribution >= 4 is 44.0 Å². The topological polar surface area (TPSA) is 17.1 Å². The van der Waals surface area contributed by atoms with Gasteiger partial charge in [-0.05, 0) is 0 Å². The first kappa shape index (κ1) is 10.0. The molecular weight excluding hydrogens is 104 g/mol. The molecule has 6 heavy (non-hydrogen) atoms. The first-order valence-electron chi connectivity index (χ1n) is 1.72. The molecule has 2 heteroatoms. The second-order valence-corrected chi connectivity index (χ2v) is 1.38. The number of aldehydes is 1. The van der Waals surface area contributed by atoms with Crippen molar-refractivity contribution in [3.8, 4) is 0 Å². The zero-order chi connectivity index (χ0) is 4.28. The molecule has 0 saturated heterocycles. The van der Waals surface area contributed by atoms with Gasteiger partial charge in [-0.1, -0.05) is 13.8 Å². The molecule has 0 aromatic heterocycles. The van der Waals surface area contributed by atoms with Crippen LogP contribution in [0, 0.1) is 5.92 Å². The van der Waals surface area contributed by atoms with E-state index in [4.69, 9.17) is 0 Å². The van der Waals surface area contributed by atoms with Crippen LogP contribution in [0.3, 0.4) is 0 Å². The summed E-state index contributed by atoms with van der Waals surface area (Å²) in [5.74, 6) is 0.204. The molecule has 0 amide bonds. The van der Waals surface area contributed by atoms with Crippen LogP contribution in [0.1, 0.15) is 13.8 Å². The Bertz CT molecular complexity index is 34.5. The molecule has 0 aliphatic rings. The summed E-state index contributed by atoms with van der Waals surface area (Å²) in [5.41, 5.74) is 0. The van der Waals surface area contributed by atoms with Gasteiger partial charge in [0.15, 0.2) is 0 Å². The Labute approximate surface area is 68.1 Å². The Morgan fingerprint density at radius 3 is 1.67 bits per heavy atom. The molecule has 34 valence electrons.